The maximum absolute atomic E-state index is 4.63. The summed E-state index contributed by atoms with van der Waals surface area (Å²) in [6.07, 6.45) is 1.69. The Bertz CT molecular complexity index is 253. The fourth-order valence-corrected chi connectivity index (χ4v) is 1.76. The van der Waals surface area contributed by atoms with Gasteiger partial charge in [0.2, 0.25) is 12.2 Å². The molecule has 1 unspecified atom stereocenters. The number of nitrogens with one attached hydrogen (secondary N) is 1. The van der Waals surface area contributed by atoms with E-state index in [0.29, 0.717) is 0 Å². The monoisotopic (exact) mass is 225 g/mol. The topological polar surface area (TPSA) is 43.2 Å². The Labute approximate surface area is 98.2 Å². The van der Waals surface area contributed by atoms with E-state index in [-0.39, 0.29) is 6.29 Å². The fourth-order valence-electron chi connectivity index (χ4n) is 1.76. The molecule has 1 rings (SSSR count). The van der Waals surface area contributed by atoms with Gasteiger partial charge < -0.3 is 10.2 Å². The highest BCUT2D eigenvalue weighted by Gasteiger charge is 2.18. The molecule has 0 saturated heterocycles. The van der Waals surface area contributed by atoms with Crippen molar-refractivity contribution in [1.82, 2.24) is 15.1 Å². The molecule has 5 nitrogen and oxygen atoms in total. The van der Waals surface area contributed by atoms with E-state index in [1.807, 2.05) is 0 Å². The van der Waals surface area contributed by atoms with Crippen molar-refractivity contribution in [3.63, 3.8) is 0 Å². The van der Waals surface area contributed by atoms with Crippen LogP contribution >= 0.6 is 0 Å². The molecule has 0 aliphatic carbocycles. The lowest BCUT2D eigenvalue weighted by atomic mass is 10.5. The van der Waals surface area contributed by atoms with Crippen LogP contribution in [0.25, 0.3) is 0 Å². The largest absolute Gasteiger partial charge is 0.343 e. The van der Waals surface area contributed by atoms with Crippen molar-refractivity contribution in [2.24, 2.45) is 9.98 Å². The molecule has 0 radical (unpaired) electrons. The van der Waals surface area contributed by atoms with Crippen LogP contribution in [-0.2, 0) is 0 Å². The van der Waals surface area contributed by atoms with Gasteiger partial charge in [0.1, 0.15) is 0 Å². The van der Waals surface area contributed by atoms with E-state index in [4.69, 9.17) is 0 Å². The third-order valence-electron chi connectivity index (χ3n) is 2.84. The molecule has 0 bridgehead atoms. The van der Waals surface area contributed by atoms with E-state index in [0.717, 1.165) is 32.1 Å². The molecule has 1 atom stereocenters. The first-order chi connectivity index (χ1) is 7.76. The third-order valence-corrected chi connectivity index (χ3v) is 2.84. The Kier molecular flexibility index (Phi) is 5.25. The van der Waals surface area contributed by atoms with E-state index in [9.17, 15) is 0 Å². The molecule has 1 aliphatic heterocycles. The molecule has 0 spiro atoms. The lowest BCUT2D eigenvalue weighted by Gasteiger charge is -2.30. The van der Waals surface area contributed by atoms with Gasteiger partial charge in [0.15, 0.2) is 0 Å². The smallest absolute Gasteiger partial charge is 0.202 e. The van der Waals surface area contributed by atoms with Crippen LogP contribution in [-0.4, -0.2) is 54.6 Å². The second kappa shape index (κ2) is 6.48. The van der Waals surface area contributed by atoms with Crippen LogP contribution in [0.1, 0.15) is 27.7 Å². The first kappa shape index (κ1) is 13.0. The molecule has 16 heavy (non-hydrogen) atoms. The Hall–Kier alpha value is -1.10. The molecule has 1 N–H and O–H groups in total. The van der Waals surface area contributed by atoms with E-state index >= 15 is 0 Å². The number of hydrogen-bond donors (Lipinski definition) is 1. The van der Waals surface area contributed by atoms with Crippen molar-refractivity contribution in [2.75, 3.05) is 26.2 Å². The predicted octanol–water partition coefficient (Wildman–Crippen LogP) is 0.941. The highest BCUT2D eigenvalue weighted by atomic mass is 15.4. The summed E-state index contributed by atoms with van der Waals surface area (Å²) in [5.74, 6) is 0.928. The number of rotatable bonds is 5. The Balaban J connectivity index is 2.74. The van der Waals surface area contributed by atoms with Crippen LogP contribution in [0.2, 0.25) is 0 Å². The van der Waals surface area contributed by atoms with Crippen molar-refractivity contribution < 1.29 is 0 Å². The summed E-state index contributed by atoms with van der Waals surface area (Å²) >= 11 is 0. The SMILES string of the molecule is CCN(CC)C1=NC(N(CC)CC)N=CN1. The molecule has 0 amide bonds. The summed E-state index contributed by atoms with van der Waals surface area (Å²) in [6, 6.07) is 0. The Morgan fingerprint density at radius 2 is 1.75 bits per heavy atom. The molecule has 0 aromatic heterocycles. The third kappa shape index (κ3) is 2.95. The van der Waals surface area contributed by atoms with Crippen LogP contribution in [0.3, 0.4) is 0 Å². The first-order valence-corrected chi connectivity index (χ1v) is 6.11. The van der Waals surface area contributed by atoms with Gasteiger partial charge in [-0.3, -0.25) is 4.90 Å². The Morgan fingerprint density at radius 3 is 2.25 bits per heavy atom. The molecule has 0 saturated carbocycles. The van der Waals surface area contributed by atoms with Gasteiger partial charge in [-0.15, -0.1) is 0 Å². The van der Waals surface area contributed by atoms with Crippen LogP contribution in [0.15, 0.2) is 9.98 Å². The van der Waals surface area contributed by atoms with Crippen LogP contribution in [0, 0.1) is 0 Å². The zero-order chi connectivity index (χ0) is 12.0. The van der Waals surface area contributed by atoms with Crippen molar-refractivity contribution >= 4 is 12.3 Å². The molecule has 1 aliphatic rings. The molecular formula is C11H23N5. The predicted molar refractivity (Wildman–Crippen MR) is 68.7 cm³/mol. The van der Waals surface area contributed by atoms with Crippen molar-refractivity contribution in [2.45, 2.75) is 34.0 Å². The van der Waals surface area contributed by atoms with Gasteiger partial charge >= 0.3 is 0 Å². The number of aliphatic imine (C=N–C) groups is 2. The quantitative estimate of drug-likeness (QED) is 0.757. The molecule has 0 aromatic carbocycles. The average Bonchev–Trinajstić information content (AvgIpc) is 2.33. The minimum atomic E-state index is -0.0631. The Morgan fingerprint density at radius 1 is 1.12 bits per heavy atom. The molecular weight excluding hydrogens is 202 g/mol. The summed E-state index contributed by atoms with van der Waals surface area (Å²) in [6.45, 7) is 12.4. The zero-order valence-electron chi connectivity index (χ0n) is 10.8. The van der Waals surface area contributed by atoms with Gasteiger partial charge in [-0.2, -0.15) is 0 Å². The maximum Gasteiger partial charge on any atom is 0.202 e. The lowest BCUT2D eigenvalue weighted by Crippen LogP contribution is -2.46. The lowest BCUT2D eigenvalue weighted by molar-refractivity contribution is 0.225. The molecule has 0 aromatic rings. The minimum Gasteiger partial charge on any atom is -0.343 e. The summed E-state index contributed by atoms with van der Waals surface area (Å²) < 4.78 is 0. The van der Waals surface area contributed by atoms with E-state index < -0.39 is 0 Å². The van der Waals surface area contributed by atoms with Crippen molar-refractivity contribution in [1.29, 1.82) is 0 Å². The summed E-state index contributed by atoms with van der Waals surface area (Å²) in [5, 5.41) is 3.11. The average molecular weight is 225 g/mol. The zero-order valence-corrected chi connectivity index (χ0v) is 10.8. The molecule has 92 valence electrons. The molecule has 5 heteroatoms. The van der Waals surface area contributed by atoms with Gasteiger partial charge in [0.05, 0.1) is 6.34 Å². The summed E-state index contributed by atoms with van der Waals surface area (Å²) in [4.78, 5) is 13.4. The van der Waals surface area contributed by atoms with E-state index in [1.54, 1.807) is 6.34 Å². The number of guanidine groups is 1. The standard InChI is InChI=1S/C11H23N5/c1-5-15(6-2)10-12-9-13-11(14-10)16(7-3)8-4/h9-10H,5-8H2,1-4H3,(H,12,13,14). The molecule has 1 heterocycles. The second-order valence-electron chi connectivity index (χ2n) is 3.62. The summed E-state index contributed by atoms with van der Waals surface area (Å²) in [7, 11) is 0. The first-order valence-electron chi connectivity index (χ1n) is 6.11. The normalized spacial score (nSPS) is 19.6. The van der Waals surface area contributed by atoms with Crippen LogP contribution < -0.4 is 5.32 Å². The second-order valence-corrected chi connectivity index (χ2v) is 3.62. The number of hydrogen-bond acceptors (Lipinski definition) is 5. The van der Waals surface area contributed by atoms with E-state index in [1.165, 1.54) is 0 Å². The van der Waals surface area contributed by atoms with Crippen LogP contribution in [0.4, 0.5) is 0 Å². The fraction of sp³-hybridized carbons (Fsp3) is 0.818. The minimum absolute atomic E-state index is 0.0631. The molecule has 0 fully saturated rings. The van der Waals surface area contributed by atoms with Crippen molar-refractivity contribution in [3.05, 3.63) is 0 Å². The van der Waals surface area contributed by atoms with Gasteiger partial charge in [-0.1, -0.05) is 13.8 Å². The highest BCUT2D eigenvalue weighted by Crippen LogP contribution is 2.06. The van der Waals surface area contributed by atoms with E-state index in [2.05, 4.69) is 52.8 Å². The highest BCUT2D eigenvalue weighted by molar-refractivity contribution is 5.91. The van der Waals surface area contributed by atoms with Crippen LogP contribution in [0.5, 0.6) is 0 Å². The summed E-state index contributed by atoms with van der Waals surface area (Å²) in [5.41, 5.74) is 0. The van der Waals surface area contributed by atoms with Gasteiger partial charge in [0.25, 0.3) is 0 Å². The van der Waals surface area contributed by atoms with Gasteiger partial charge in [-0.05, 0) is 26.9 Å². The number of nitrogens with zero attached hydrogens (tertiary/aromatic N) is 4. The van der Waals surface area contributed by atoms with Gasteiger partial charge in [-0.25, -0.2) is 9.98 Å². The van der Waals surface area contributed by atoms with Crippen molar-refractivity contribution in [3.8, 4) is 0 Å². The van der Waals surface area contributed by atoms with Gasteiger partial charge in [0, 0.05) is 13.1 Å². The maximum atomic E-state index is 4.63.